The van der Waals surface area contributed by atoms with Crippen LogP contribution in [0, 0.1) is 10.1 Å². The molecule has 2 aromatic rings. The molecule has 2 rings (SSSR count). The SMILES string of the molecule is CCc1nc(Br)cc(Oc2cc(Cl)ccc2[N+](=O)[O-])n1. The van der Waals surface area contributed by atoms with Crippen molar-refractivity contribution in [3.05, 3.63) is 49.8 Å². The van der Waals surface area contributed by atoms with Crippen molar-refractivity contribution in [3.63, 3.8) is 0 Å². The Kier molecular flexibility index (Phi) is 4.51. The van der Waals surface area contributed by atoms with Gasteiger partial charge in [-0.3, -0.25) is 10.1 Å². The molecule has 0 bridgehead atoms. The highest BCUT2D eigenvalue weighted by Crippen LogP contribution is 2.33. The van der Waals surface area contributed by atoms with Crippen LogP contribution in [-0.2, 0) is 6.42 Å². The summed E-state index contributed by atoms with van der Waals surface area (Å²) in [5, 5.41) is 11.3. The fraction of sp³-hybridized carbons (Fsp3) is 0.167. The van der Waals surface area contributed by atoms with E-state index in [-0.39, 0.29) is 17.3 Å². The van der Waals surface area contributed by atoms with Gasteiger partial charge in [0.15, 0.2) is 0 Å². The van der Waals surface area contributed by atoms with E-state index in [1.54, 1.807) is 0 Å². The van der Waals surface area contributed by atoms with Crippen LogP contribution in [0.4, 0.5) is 5.69 Å². The number of hydrogen-bond acceptors (Lipinski definition) is 5. The third-order valence-electron chi connectivity index (χ3n) is 2.37. The molecule has 0 unspecified atom stereocenters. The van der Waals surface area contributed by atoms with Gasteiger partial charge in [-0.25, -0.2) is 4.98 Å². The molecule has 0 aliphatic heterocycles. The fourth-order valence-corrected chi connectivity index (χ4v) is 2.05. The maximum Gasteiger partial charge on any atom is 0.311 e. The van der Waals surface area contributed by atoms with Gasteiger partial charge in [-0.2, -0.15) is 4.98 Å². The van der Waals surface area contributed by atoms with E-state index in [0.717, 1.165) is 0 Å². The van der Waals surface area contributed by atoms with E-state index in [2.05, 4.69) is 25.9 Å². The van der Waals surface area contributed by atoms with Crippen molar-refractivity contribution in [2.45, 2.75) is 13.3 Å². The molecule has 20 heavy (non-hydrogen) atoms. The molecule has 0 aliphatic rings. The highest BCUT2D eigenvalue weighted by molar-refractivity contribution is 9.10. The van der Waals surface area contributed by atoms with E-state index in [1.807, 2.05) is 6.92 Å². The Morgan fingerprint density at radius 3 is 2.80 bits per heavy atom. The van der Waals surface area contributed by atoms with Crippen LogP contribution in [0.15, 0.2) is 28.9 Å². The van der Waals surface area contributed by atoms with Crippen LogP contribution in [0.5, 0.6) is 11.6 Å². The van der Waals surface area contributed by atoms with Gasteiger partial charge in [0.05, 0.1) is 4.92 Å². The minimum Gasteiger partial charge on any atom is -0.432 e. The third-order valence-corrected chi connectivity index (χ3v) is 3.01. The van der Waals surface area contributed by atoms with Gasteiger partial charge in [-0.05, 0) is 22.0 Å². The van der Waals surface area contributed by atoms with Crippen LogP contribution < -0.4 is 4.74 Å². The molecule has 1 heterocycles. The Labute approximate surface area is 128 Å². The minimum absolute atomic E-state index is 0.0372. The zero-order chi connectivity index (χ0) is 14.7. The second-order valence-corrected chi connectivity index (χ2v) is 5.02. The lowest BCUT2D eigenvalue weighted by Crippen LogP contribution is -1.98. The van der Waals surface area contributed by atoms with Crippen molar-refractivity contribution in [2.24, 2.45) is 0 Å². The molecule has 0 N–H and O–H groups in total. The zero-order valence-corrected chi connectivity index (χ0v) is 12.7. The Hall–Kier alpha value is -1.73. The largest absolute Gasteiger partial charge is 0.432 e. The van der Waals surface area contributed by atoms with Gasteiger partial charge < -0.3 is 4.74 Å². The van der Waals surface area contributed by atoms with Gasteiger partial charge in [0, 0.05) is 29.6 Å². The predicted molar refractivity (Wildman–Crippen MR) is 77.3 cm³/mol. The average Bonchev–Trinajstić information content (AvgIpc) is 2.37. The summed E-state index contributed by atoms with van der Waals surface area (Å²) in [6, 6.07) is 5.62. The van der Waals surface area contributed by atoms with Gasteiger partial charge in [-0.1, -0.05) is 18.5 Å². The summed E-state index contributed by atoms with van der Waals surface area (Å²) < 4.78 is 6.01. The molecule has 0 atom stereocenters. The van der Waals surface area contributed by atoms with Crippen molar-refractivity contribution < 1.29 is 9.66 Å². The smallest absolute Gasteiger partial charge is 0.311 e. The highest BCUT2D eigenvalue weighted by Gasteiger charge is 2.17. The molecule has 8 heteroatoms. The second-order valence-electron chi connectivity index (χ2n) is 3.77. The van der Waals surface area contributed by atoms with E-state index in [1.165, 1.54) is 24.3 Å². The number of nitrogens with zero attached hydrogens (tertiary/aromatic N) is 3. The summed E-state index contributed by atoms with van der Waals surface area (Å²) in [4.78, 5) is 18.7. The molecule has 0 fully saturated rings. The Morgan fingerprint density at radius 2 is 2.15 bits per heavy atom. The number of ether oxygens (including phenoxy) is 1. The molecule has 104 valence electrons. The number of nitro groups is 1. The zero-order valence-electron chi connectivity index (χ0n) is 10.3. The van der Waals surface area contributed by atoms with Crippen LogP contribution in [0.3, 0.4) is 0 Å². The molecule has 0 saturated heterocycles. The summed E-state index contributed by atoms with van der Waals surface area (Å²) in [5.74, 6) is 0.823. The number of benzene rings is 1. The van der Waals surface area contributed by atoms with Crippen molar-refractivity contribution in [2.75, 3.05) is 0 Å². The normalized spacial score (nSPS) is 10.3. The maximum absolute atomic E-state index is 11.0. The van der Waals surface area contributed by atoms with E-state index in [9.17, 15) is 10.1 Å². The Bertz CT molecular complexity index is 666. The summed E-state index contributed by atoms with van der Waals surface area (Å²) in [7, 11) is 0. The quantitative estimate of drug-likeness (QED) is 0.466. The van der Waals surface area contributed by atoms with E-state index >= 15 is 0 Å². The predicted octanol–water partition coefficient (Wildman–Crippen LogP) is 4.16. The lowest BCUT2D eigenvalue weighted by atomic mass is 10.3. The monoisotopic (exact) mass is 357 g/mol. The summed E-state index contributed by atoms with van der Waals surface area (Å²) in [6.45, 7) is 1.90. The Morgan fingerprint density at radius 1 is 1.40 bits per heavy atom. The van der Waals surface area contributed by atoms with Crippen molar-refractivity contribution >= 4 is 33.2 Å². The fourth-order valence-electron chi connectivity index (χ4n) is 1.49. The second kappa shape index (κ2) is 6.15. The van der Waals surface area contributed by atoms with Gasteiger partial charge in [0.25, 0.3) is 0 Å². The van der Waals surface area contributed by atoms with E-state index in [4.69, 9.17) is 16.3 Å². The number of rotatable bonds is 4. The maximum atomic E-state index is 11.0. The standard InChI is InChI=1S/C12H9BrClN3O3/c1-2-11-15-10(13)6-12(16-11)20-9-5-7(14)3-4-8(9)17(18)19/h3-6H,2H2,1H3. The molecule has 1 aromatic carbocycles. The Balaban J connectivity index is 2.41. The lowest BCUT2D eigenvalue weighted by molar-refractivity contribution is -0.385. The van der Waals surface area contributed by atoms with Crippen molar-refractivity contribution in [1.29, 1.82) is 0 Å². The van der Waals surface area contributed by atoms with Crippen LogP contribution in [0.1, 0.15) is 12.7 Å². The molecule has 0 radical (unpaired) electrons. The molecular weight excluding hydrogens is 350 g/mol. The van der Waals surface area contributed by atoms with E-state index in [0.29, 0.717) is 21.9 Å². The minimum atomic E-state index is -0.539. The van der Waals surface area contributed by atoms with Crippen molar-refractivity contribution in [3.8, 4) is 11.6 Å². The molecule has 0 spiro atoms. The molecular formula is C12H9BrClN3O3. The summed E-state index contributed by atoms with van der Waals surface area (Å²) in [5.41, 5.74) is -0.179. The number of aromatic nitrogens is 2. The number of hydrogen-bond donors (Lipinski definition) is 0. The average molecular weight is 359 g/mol. The lowest BCUT2D eigenvalue weighted by Gasteiger charge is -2.07. The highest BCUT2D eigenvalue weighted by atomic mass is 79.9. The van der Waals surface area contributed by atoms with Gasteiger partial charge in [0.1, 0.15) is 10.4 Å². The first-order chi connectivity index (χ1) is 9.49. The topological polar surface area (TPSA) is 78.2 Å². The van der Waals surface area contributed by atoms with E-state index < -0.39 is 4.92 Å². The number of nitro benzene ring substituents is 1. The third kappa shape index (κ3) is 3.43. The first-order valence-corrected chi connectivity index (χ1v) is 6.82. The van der Waals surface area contributed by atoms with Crippen LogP contribution in [0.25, 0.3) is 0 Å². The van der Waals surface area contributed by atoms with Gasteiger partial charge >= 0.3 is 5.69 Å². The molecule has 0 amide bonds. The van der Waals surface area contributed by atoms with Crippen molar-refractivity contribution in [1.82, 2.24) is 9.97 Å². The number of halogens is 2. The number of aryl methyl sites for hydroxylation is 1. The summed E-state index contributed by atoms with van der Waals surface area (Å²) >= 11 is 9.07. The summed E-state index contributed by atoms with van der Waals surface area (Å²) in [6.07, 6.45) is 0.618. The first-order valence-electron chi connectivity index (χ1n) is 5.65. The van der Waals surface area contributed by atoms with Gasteiger partial charge in [0.2, 0.25) is 11.6 Å². The van der Waals surface area contributed by atoms with Crippen LogP contribution in [0.2, 0.25) is 5.02 Å². The molecule has 6 nitrogen and oxygen atoms in total. The molecule has 1 aromatic heterocycles. The van der Waals surface area contributed by atoms with Gasteiger partial charge in [-0.15, -0.1) is 0 Å². The van der Waals surface area contributed by atoms with Crippen LogP contribution in [-0.4, -0.2) is 14.9 Å². The first kappa shape index (κ1) is 14.7. The molecule has 0 aliphatic carbocycles. The van der Waals surface area contributed by atoms with Crippen LogP contribution >= 0.6 is 27.5 Å². The molecule has 0 saturated carbocycles.